The van der Waals surface area contributed by atoms with Gasteiger partial charge in [0.25, 0.3) is 0 Å². The molecule has 1 aromatic heterocycles. The number of esters is 1. The number of carbonyl (C=O) groups excluding carboxylic acids is 1. The van der Waals surface area contributed by atoms with Gasteiger partial charge in [0.05, 0.1) is 12.9 Å². The Labute approximate surface area is 96.6 Å². The largest absolute Gasteiger partial charge is 0.464 e. The third kappa shape index (κ3) is 4.04. The van der Waals surface area contributed by atoms with Crippen molar-refractivity contribution in [1.82, 2.24) is 9.55 Å². The molecule has 0 aliphatic heterocycles. The molecule has 90 valence electrons. The Morgan fingerprint density at radius 3 is 2.88 bits per heavy atom. The van der Waals surface area contributed by atoms with Gasteiger partial charge in [-0.2, -0.15) is 0 Å². The molecular weight excluding hydrogens is 204 g/mol. The van der Waals surface area contributed by atoms with E-state index >= 15 is 0 Å². The number of imidazole rings is 1. The van der Waals surface area contributed by atoms with E-state index in [1.165, 1.54) is 12.8 Å². The van der Waals surface area contributed by atoms with E-state index in [0.29, 0.717) is 6.61 Å². The first-order valence-electron chi connectivity index (χ1n) is 5.89. The van der Waals surface area contributed by atoms with Crippen molar-refractivity contribution in [1.29, 1.82) is 0 Å². The van der Waals surface area contributed by atoms with Crippen LogP contribution in [0.4, 0.5) is 0 Å². The number of aromatic nitrogens is 2. The van der Waals surface area contributed by atoms with Gasteiger partial charge in [-0.05, 0) is 13.3 Å². The molecule has 0 fully saturated rings. The minimum atomic E-state index is -0.284. The van der Waals surface area contributed by atoms with Gasteiger partial charge < -0.3 is 9.30 Å². The molecule has 0 bridgehead atoms. The van der Waals surface area contributed by atoms with Gasteiger partial charge in [0.1, 0.15) is 6.04 Å². The maximum atomic E-state index is 11.6. The Hall–Kier alpha value is -1.32. The van der Waals surface area contributed by atoms with Gasteiger partial charge in [-0.1, -0.05) is 26.2 Å². The average molecular weight is 224 g/mol. The number of hydrogen-bond acceptors (Lipinski definition) is 3. The zero-order valence-corrected chi connectivity index (χ0v) is 10.1. The van der Waals surface area contributed by atoms with Crippen molar-refractivity contribution in [3.05, 3.63) is 18.7 Å². The molecule has 1 rings (SSSR count). The predicted octanol–water partition coefficient (Wildman–Crippen LogP) is 2.57. The first-order chi connectivity index (χ1) is 7.75. The van der Waals surface area contributed by atoms with Gasteiger partial charge in [0.2, 0.25) is 0 Å². The third-order valence-corrected chi connectivity index (χ3v) is 2.56. The standard InChI is InChI=1S/C12H20N2O2/c1-3-4-5-6-9-16-12(15)11(2)14-8-7-13-10-14/h7-8,10-11H,3-6,9H2,1-2H3. The highest BCUT2D eigenvalue weighted by Crippen LogP contribution is 2.07. The van der Waals surface area contributed by atoms with E-state index in [1.54, 1.807) is 23.3 Å². The normalized spacial score (nSPS) is 12.4. The second-order valence-corrected chi connectivity index (χ2v) is 3.91. The number of nitrogens with zero attached hydrogens (tertiary/aromatic N) is 2. The van der Waals surface area contributed by atoms with Crippen molar-refractivity contribution < 1.29 is 9.53 Å². The molecule has 1 atom stereocenters. The molecule has 16 heavy (non-hydrogen) atoms. The highest BCUT2D eigenvalue weighted by Gasteiger charge is 2.14. The van der Waals surface area contributed by atoms with Gasteiger partial charge in [-0.3, -0.25) is 0 Å². The average Bonchev–Trinajstić information content (AvgIpc) is 2.81. The SMILES string of the molecule is CCCCCCOC(=O)C(C)n1ccnc1. The lowest BCUT2D eigenvalue weighted by molar-refractivity contribution is -0.147. The zero-order valence-electron chi connectivity index (χ0n) is 10.1. The number of unbranched alkanes of at least 4 members (excludes halogenated alkanes) is 3. The minimum Gasteiger partial charge on any atom is -0.464 e. The summed E-state index contributed by atoms with van der Waals surface area (Å²) < 4.78 is 6.93. The van der Waals surface area contributed by atoms with Gasteiger partial charge >= 0.3 is 5.97 Å². The molecule has 4 heteroatoms. The highest BCUT2D eigenvalue weighted by molar-refractivity contribution is 5.73. The van der Waals surface area contributed by atoms with Crippen molar-refractivity contribution in [2.45, 2.75) is 45.6 Å². The minimum absolute atomic E-state index is 0.186. The molecule has 0 aliphatic carbocycles. The summed E-state index contributed by atoms with van der Waals surface area (Å²) in [6, 6.07) is -0.284. The van der Waals surface area contributed by atoms with Crippen molar-refractivity contribution >= 4 is 5.97 Å². The fraction of sp³-hybridized carbons (Fsp3) is 0.667. The summed E-state index contributed by atoms with van der Waals surface area (Å²) in [7, 11) is 0. The summed E-state index contributed by atoms with van der Waals surface area (Å²) in [5.74, 6) is -0.186. The van der Waals surface area contributed by atoms with E-state index in [2.05, 4.69) is 11.9 Å². The molecule has 1 aromatic rings. The van der Waals surface area contributed by atoms with Crippen LogP contribution in [0, 0.1) is 0 Å². The maximum Gasteiger partial charge on any atom is 0.328 e. The molecule has 0 spiro atoms. The van der Waals surface area contributed by atoms with Crippen molar-refractivity contribution in [3.8, 4) is 0 Å². The lowest BCUT2D eigenvalue weighted by Gasteiger charge is -2.12. The van der Waals surface area contributed by atoms with Crippen LogP contribution in [0.3, 0.4) is 0 Å². The number of hydrogen-bond donors (Lipinski definition) is 0. The zero-order chi connectivity index (χ0) is 11.8. The second-order valence-electron chi connectivity index (χ2n) is 3.91. The van der Waals surface area contributed by atoms with Crippen LogP contribution in [-0.2, 0) is 9.53 Å². The van der Waals surface area contributed by atoms with E-state index in [-0.39, 0.29) is 12.0 Å². The third-order valence-electron chi connectivity index (χ3n) is 2.56. The maximum absolute atomic E-state index is 11.6. The van der Waals surface area contributed by atoms with E-state index in [4.69, 9.17) is 4.74 Å². The van der Waals surface area contributed by atoms with Crippen LogP contribution in [-0.4, -0.2) is 22.1 Å². The summed E-state index contributed by atoms with van der Waals surface area (Å²) in [5, 5.41) is 0. The summed E-state index contributed by atoms with van der Waals surface area (Å²) in [5.41, 5.74) is 0. The topological polar surface area (TPSA) is 44.1 Å². The van der Waals surface area contributed by atoms with Crippen LogP contribution in [0.5, 0.6) is 0 Å². The molecular formula is C12H20N2O2. The first-order valence-corrected chi connectivity index (χ1v) is 5.89. The van der Waals surface area contributed by atoms with E-state index in [9.17, 15) is 4.79 Å². The van der Waals surface area contributed by atoms with E-state index < -0.39 is 0 Å². The Morgan fingerprint density at radius 2 is 2.25 bits per heavy atom. The summed E-state index contributed by atoms with van der Waals surface area (Å²) in [4.78, 5) is 15.5. The summed E-state index contributed by atoms with van der Waals surface area (Å²) in [6.45, 7) is 4.50. The quantitative estimate of drug-likeness (QED) is 0.528. The molecule has 0 radical (unpaired) electrons. The first kappa shape index (κ1) is 12.7. The Balaban J connectivity index is 2.20. The lowest BCUT2D eigenvalue weighted by Crippen LogP contribution is -2.18. The van der Waals surface area contributed by atoms with Crippen LogP contribution in [0.25, 0.3) is 0 Å². The molecule has 4 nitrogen and oxygen atoms in total. The Bertz CT molecular complexity index is 296. The molecule has 0 N–H and O–H groups in total. The Kier molecular flexibility index (Phi) is 5.61. The summed E-state index contributed by atoms with van der Waals surface area (Å²) >= 11 is 0. The monoisotopic (exact) mass is 224 g/mol. The van der Waals surface area contributed by atoms with Gasteiger partial charge in [0, 0.05) is 12.4 Å². The highest BCUT2D eigenvalue weighted by atomic mass is 16.5. The smallest absolute Gasteiger partial charge is 0.328 e. The number of rotatable bonds is 7. The van der Waals surface area contributed by atoms with Crippen molar-refractivity contribution in [2.24, 2.45) is 0 Å². The molecule has 0 saturated heterocycles. The van der Waals surface area contributed by atoms with Crippen LogP contribution >= 0.6 is 0 Å². The predicted molar refractivity (Wildman–Crippen MR) is 62.0 cm³/mol. The van der Waals surface area contributed by atoms with Gasteiger partial charge in [-0.25, -0.2) is 9.78 Å². The van der Waals surface area contributed by atoms with E-state index in [0.717, 1.165) is 12.8 Å². The number of ether oxygens (including phenoxy) is 1. The molecule has 0 aliphatic rings. The molecule has 0 aromatic carbocycles. The molecule has 0 saturated carbocycles. The molecule has 1 heterocycles. The van der Waals surface area contributed by atoms with Crippen LogP contribution in [0.15, 0.2) is 18.7 Å². The number of carbonyl (C=O) groups is 1. The molecule has 0 amide bonds. The van der Waals surface area contributed by atoms with Crippen molar-refractivity contribution in [3.63, 3.8) is 0 Å². The van der Waals surface area contributed by atoms with Crippen LogP contribution in [0.2, 0.25) is 0 Å². The fourth-order valence-corrected chi connectivity index (χ4v) is 1.44. The molecule has 1 unspecified atom stereocenters. The van der Waals surface area contributed by atoms with Gasteiger partial charge in [0.15, 0.2) is 0 Å². The fourth-order valence-electron chi connectivity index (χ4n) is 1.44. The van der Waals surface area contributed by atoms with E-state index in [1.807, 2.05) is 6.92 Å². The van der Waals surface area contributed by atoms with Crippen molar-refractivity contribution in [2.75, 3.05) is 6.61 Å². The lowest BCUT2D eigenvalue weighted by atomic mass is 10.2. The van der Waals surface area contributed by atoms with Crippen LogP contribution in [0.1, 0.15) is 45.6 Å². The Morgan fingerprint density at radius 1 is 1.44 bits per heavy atom. The van der Waals surface area contributed by atoms with Gasteiger partial charge in [-0.15, -0.1) is 0 Å². The second kappa shape index (κ2) is 7.04. The summed E-state index contributed by atoms with van der Waals surface area (Å²) in [6.07, 6.45) is 9.53. The van der Waals surface area contributed by atoms with Crippen LogP contribution < -0.4 is 0 Å².